The van der Waals surface area contributed by atoms with Gasteiger partial charge in [-0.25, -0.2) is 4.39 Å². The van der Waals surface area contributed by atoms with Crippen molar-refractivity contribution in [1.82, 2.24) is 4.90 Å². The Morgan fingerprint density at radius 2 is 1.02 bits per heavy atom. The Morgan fingerprint density at radius 1 is 0.558 bits per heavy atom. The van der Waals surface area contributed by atoms with Crippen LogP contribution in [0.3, 0.4) is 0 Å². The lowest BCUT2D eigenvalue weighted by atomic mass is 9.98. The average Bonchev–Trinajstić information content (AvgIpc) is 3.19. The molecular weight excluding hydrogens is 659 g/mol. The zero-order valence-electron chi connectivity index (χ0n) is 30.8. The fourth-order valence-electron chi connectivity index (χ4n) is 7.10. The van der Waals surface area contributed by atoms with E-state index >= 15 is 0 Å². The number of nitrogens with zero attached hydrogens (tertiary/aromatic N) is 2. The molecule has 0 aliphatic carbocycles. The first-order chi connectivity index (χ1) is 25.4. The molecule has 9 heteroatoms. The minimum absolute atomic E-state index is 0.239. The third-order valence-electron chi connectivity index (χ3n) is 9.77. The van der Waals surface area contributed by atoms with Crippen molar-refractivity contribution in [2.45, 2.75) is 32.0 Å². The van der Waals surface area contributed by atoms with Crippen LogP contribution in [0.2, 0.25) is 0 Å². The monoisotopic (exact) mass is 706 g/mol. The number of benzene rings is 5. The standard InChI is InChI=1S/C43H47FN2O6/c1-47-38-23-33(24-39(48-2)42(38)51-5)31-11-7-9-29(21-31)27-45-19-17-37(18-20-45)46(36-15-13-35(44)14-16-36)28-30-10-8-12-32(22-30)34-25-40(49-3)43(52-6)41(26-34)50-4/h7-16,21-26,37H,17-20,27-28H2,1-6H3. The lowest BCUT2D eigenvalue weighted by Crippen LogP contribution is -2.44. The van der Waals surface area contributed by atoms with E-state index in [1.165, 1.54) is 5.56 Å². The Hall–Kier alpha value is -5.41. The second kappa shape index (κ2) is 16.7. The number of rotatable bonds is 14. The molecule has 0 aromatic heterocycles. The van der Waals surface area contributed by atoms with Crippen LogP contribution in [-0.2, 0) is 13.1 Å². The number of halogens is 1. The van der Waals surface area contributed by atoms with Crippen LogP contribution in [0.15, 0.2) is 97.1 Å². The molecule has 0 spiro atoms. The molecule has 1 saturated heterocycles. The summed E-state index contributed by atoms with van der Waals surface area (Å²) in [6.45, 7) is 3.42. The molecule has 272 valence electrons. The van der Waals surface area contributed by atoms with E-state index < -0.39 is 0 Å². The number of likely N-dealkylation sites (tertiary alicyclic amines) is 1. The van der Waals surface area contributed by atoms with Gasteiger partial charge in [-0.1, -0.05) is 36.4 Å². The number of hydrogen-bond acceptors (Lipinski definition) is 8. The van der Waals surface area contributed by atoms with Gasteiger partial charge in [0.1, 0.15) is 5.82 Å². The minimum atomic E-state index is -0.239. The second-order valence-corrected chi connectivity index (χ2v) is 12.8. The molecule has 0 bridgehead atoms. The first-order valence-electron chi connectivity index (χ1n) is 17.4. The summed E-state index contributed by atoms with van der Waals surface area (Å²) < 4.78 is 47.6. The molecule has 52 heavy (non-hydrogen) atoms. The fourth-order valence-corrected chi connectivity index (χ4v) is 7.10. The van der Waals surface area contributed by atoms with Gasteiger partial charge in [0, 0.05) is 37.9 Å². The van der Waals surface area contributed by atoms with Gasteiger partial charge in [-0.3, -0.25) is 4.90 Å². The molecule has 0 atom stereocenters. The lowest BCUT2D eigenvalue weighted by Gasteiger charge is -2.40. The summed E-state index contributed by atoms with van der Waals surface area (Å²) >= 11 is 0. The SMILES string of the molecule is COc1cc(-c2cccc(CN3CCC(N(Cc4cccc(-c5cc(OC)c(OC)c(OC)c5)c4)c4ccc(F)cc4)CC3)c2)cc(OC)c1OC. The largest absolute Gasteiger partial charge is 0.493 e. The van der Waals surface area contributed by atoms with Crippen LogP contribution >= 0.6 is 0 Å². The Balaban J connectivity index is 1.19. The summed E-state index contributed by atoms with van der Waals surface area (Å²) in [5, 5.41) is 0. The topological polar surface area (TPSA) is 61.9 Å². The molecule has 0 N–H and O–H groups in total. The molecular formula is C43H47FN2O6. The van der Waals surface area contributed by atoms with Gasteiger partial charge in [0.15, 0.2) is 23.0 Å². The number of methoxy groups -OCH3 is 6. The third kappa shape index (κ3) is 8.05. The summed E-state index contributed by atoms with van der Waals surface area (Å²) in [4.78, 5) is 4.94. The van der Waals surface area contributed by atoms with E-state index in [0.29, 0.717) is 41.0 Å². The van der Waals surface area contributed by atoms with Crippen LogP contribution in [0.25, 0.3) is 22.3 Å². The predicted molar refractivity (Wildman–Crippen MR) is 204 cm³/mol. The highest BCUT2D eigenvalue weighted by Gasteiger charge is 2.26. The molecule has 1 aliphatic rings. The Labute approximate surface area is 306 Å². The Bertz CT molecular complexity index is 1910. The van der Waals surface area contributed by atoms with Crippen molar-refractivity contribution in [2.75, 3.05) is 60.6 Å². The maximum atomic E-state index is 14.1. The minimum Gasteiger partial charge on any atom is -0.493 e. The normalized spacial score (nSPS) is 13.4. The van der Waals surface area contributed by atoms with E-state index in [1.54, 1.807) is 54.8 Å². The first-order valence-corrected chi connectivity index (χ1v) is 17.4. The van der Waals surface area contributed by atoms with Gasteiger partial charge in [-0.15, -0.1) is 0 Å². The van der Waals surface area contributed by atoms with E-state index in [-0.39, 0.29) is 11.9 Å². The zero-order chi connectivity index (χ0) is 36.6. The number of anilines is 1. The van der Waals surface area contributed by atoms with Gasteiger partial charge in [-0.2, -0.15) is 0 Å². The second-order valence-electron chi connectivity index (χ2n) is 12.8. The highest BCUT2D eigenvalue weighted by atomic mass is 19.1. The highest BCUT2D eigenvalue weighted by Crippen LogP contribution is 2.43. The van der Waals surface area contributed by atoms with E-state index in [2.05, 4.69) is 58.3 Å². The number of ether oxygens (including phenoxy) is 6. The van der Waals surface area contributed by atoms with Crippen molar-refractivity contribution in [3.63, 3.8) is 0 Å². The molecule has 0 saturated carbocycles. The summed E-state index contributed by atoms with van der Waals surface area (Å²) in [7, 11) is 9.73. The molecule has 1 heterocycles. The Kier molecular flexibility index (Phi) is 11.7. The molecule has 1 aliphatic heterocycles. The van der Waals surface area contributed by atoms with Crippen molar-refractivity contribution in [2.24, 2.45) is 0 Å². The van der Waals surface area contributed by atoms with Gasteiger partial charge in [0.05, 0.1) is 42.7 Å². The number of hydrogen-bond donors (Lipinski definition) is 0. The third-order valence-corrected chi connectivity index (χ3v) is 9.77. The van der Waals surface area contributed by atoms with Gasteiger partial charge in [0.25, 0.3) is 0 Å². The summed E-state index contributed by atoms with van der Waals surface area (Å²) in [6, 6.07) is 32.2. The summed E-state index contributed by atoms with van der Waals surface area (Å²) in [6.07, 6.45) is 1.97. The molecule has 0 radical (unpaired) electrons. The molecule has 0 amide bonds. The maximum absolute atomic E-state index is 14.1. The van der Waals surface area contributed by atoms with Crippen LogP contribution in [0, 0.1) is 5.82 Å². The quantitative estimate of drug-likeness (QED) is 0.114. The van der Waals surface area contributed by atoms with E-state index in [1.807, 2.05) is 36.4 Å². The van der Waals surface area contributed by atoms with Crippen LogP contribution in [-0.4, -0.2) is 66.7 Å². The zero-order valence-corrected chi connectivity index (χ0v) is 30.8. The fraction of sp³-hybridized carbons (Fsp3) is 0.302. The van der Waals surface area contributed by atoms with Gasteiger partial charge in [-0.05, 0) is 107 Å². The molecule has 5 aromatic rings. The van der Waals surface area contributed by atoms with Crippen LogP contribution in [0.1, 0.15) is 24.0 Å². The number of piperidine rings is 1. The maximum Gasteiger partial charge on any atom is 0.203 e. The predicted octanol–water partition coefficient (Wildman–Crippen LogP) is 8.88. The molecule has 5 aromatic carbocycles. The Morgan fingerprint density at radius 3 is 1.48 bits per heavy atom. The van der Waals surface area contributed by atoms with Gasteiger partial charge in [0.2, 0.25) is 11.5 Å². The van der Waals surface area contributed by atoms with Crippen molar-refractivity contribution in [3.05, 3.63) is 114 Å². The lowest BCUT2D eigenvalue weighted by molar-refractivity contribution is 0.201. The highest BCUT2D eigenvalue weighted by molar-refractivity contribution is 5.73. The van der Waals surface area contributed by atoms with Gasteiger partial charge < -0.3 is 33.3 Å². The van der Waals surface area contributed by atoms with E-state index in [9.17, 15) is 4.39 Å². The summed E-state index contributed by atoms with van der Waals surface area (Å²) in [5.41, 5.74) is 7.50. The molecule has 8 nitrogen and oxygen atoms in total. The molecule has 0 unspecified atom stereocenters. The van der Waals surface area contributed by atoms with Crippen LogP contribution in [0.4, 0.5) is 10.1 Å². The van der Waals surface area contributed by atoms with E-state index in [4.69, 9.17) is 28.4 Å². The molecule has 1 fully saturated rings. The van der Waals surface area contributed by atoms with Gasteiger partial charge >= 0.3 is 0 Å². The van der Waals surface area contributed by atoms with Crippen LogP contribution in [0.5, 0.6) is 34.5 Å². The molecule has 6 rings (SSSR count). The van der Waals surface area contributed by atoms with Crippen molar-refractivity contribution in [1.29, 1.82) is 0 Å². The van der Waals surface area contributed by atoms with E-state index in [0.717, 1.165) is 66.0 Å². The van der Waals surface area contributed by atoms with Crippen molar-refractivity contribution in [3.8, 4) is 56.8 Å². The van der Waals surface area contributed by atoms with Crippen molar-refractivity contribution >= 4 is 5.69 Å². The summed E-state index contributed by atoms with van der Waals surface area (Å²) in [5.74, 6) is 3.37. The smallest absolute Gasteiger partial charge is 0.203 e. The van der Waals surface area contributed by atoms with Crippen LogP contribution < -0.4 is 33.3 Å². The first kappa shape index (κ1) is 36.4. The average molecular weight is 707 g/mol. The van der Waals surface area contributed by atoms with Crippen molar-refractivity contribution < 1.29 is 32.8 Å².